The summed E-state index contributed by atoms with van der Waals surface area (Å²) in [4.78, 5) is 10.8. The minimum absolute atomic E-state index is 0.445. The molecule has 0 aromatic heterocycles. The fourth-order valence-electron chi connectivity index (χ4n) is 1.43. The molecule has 0 aliphatic rings. The maximum Gasteiger partial charge on any atom is 0.332 e. The van der Waals surface area contributed by atoms with E-state index in [4.69, 9.17) is 9.84 Å². The Kier molecular flexibility index (Phi) is 6.74. The van der Waals surface area contributed by atoms with E-state index < -0.39 is 12.1 Å². The molecule has 1 atom stereocenters. The predicted molar refractivity (Wildman–Crippen MR) is 70.3 cm³/mol. The lowest BCUT2D eigenvalue weighted by molar-refractivity contribution is -0.150. The average Bonchev–Trinajstić information content (AvgIpc) is 2.34. The summed E-state index contributed by atoms with van der Waals surface area (Å²) >= 11 is 1.73. The molecule has 0 spiro atoms. The topological polar surface area (TPSA) is 46.5 Å². The minimum Gasteiger partial charge on any atom is -0.479 e. The predicted octanol–water partition coefficient (Wildman–Crippen LogP) is 2.80. The zero-order chi connectivity index (χ0) is 12.5. The van der Waals surface area contributed by atoms with Gasteiger partial charge in [0.15, 0.2) is 6.10 Å². The molecule has 0 aliphatic heterocycles. The second-order valence-electron chi connectivity index (χ2n) is 3.61. The highest BCUT2D eigenvalue weighted by Gasteiger charge is 2.16. The van der Waals surface area contributed by atoms with Crippen LogP contribution in [0, 0.1) is 0 Å². The number of carboxylic acids is 1. The fraction of sp³-hybridized carbons (Fsp3) is 0.462. The summed E-state index contributed by atoms with van der Waals surface area (Å²) in [5, 5.41) is 8.89. The highest BCUT2D eigenvalue weighted by atomic mass is 32.2. The molecule has 0 saturated heterocycles. The fourth-order valence-corrected chi connectivity index (χ4v) is 2.39. The van der Waals surface area contributed by atoms with E-state index in [9.17, 15) is 4.79 Å². The second-order valence-corrected chi connectivity index (χ2v) is 4.71. The zero-order valence-corrected chi connectivity index (χ0v) is 10.8. The zero-order valence-electron chi connectivity index (χ0n) is 9.96. The highest BCUT2D eigenvalue weighted by molar-refractivity contribution is 7.98. The molecule has 1 aromatic rings. The molecule has 4 heteroatoms. The molecule has 1 aromatic carbocycles. The summed E-state index contributed by atoms with van der Waals surface area (Å²) in [6, 6.07) is 10.2. The van der Waals surface area contributed by atoms with Gasteiger partial charge in [-0.2, -0.15) is 11.8 Å². The molecule has 94 valence electrons. The molecule has 1 unspecified atom stereocenters. The molecule has 17 heavy (non-hydrogen) atoms. The van der Waals surface area contributed by atoms with Gasteiger partial charge >= 0.3 is 5.97 Å². The first-order chi connectivity index (χ1) is 8.24. The van der Waals surface area contributed by atoms with Gasteiger partial charge < -0.3 is 9.84 Å². The van der Waals surface area contributed by atoms with Crippen LogP contribution in [0.3, 0.4) is 0 Å². The van der Waals surface area contributed by atoms with E-state index in [2.05, 4.69) is 12.1 Å². The summed E-state index contributed by atoms with van der Waals surface area (Å²) in [5.41, 5.74) is 1.26. The van der Waals surface area contributed by atoms with Gasteiger partial charge in [0.1, 0.15) is 0 Å². The lowest BCUT2D eigenvalue weighted by Crippen LogP contribution is -2.24. The first-order valence-corrected chi connectivity index (χ1v) is 6.85. The largest absolute Gasteiger partial charge is 0.479 e. The maximum atomic E-state index is 10.8. The lowest BCUT2D eigenvalue weighted by Gasteiger charge is -2.11. The molecular weight excluding hydrogens is 236 g/mol. The third kappa shape index (κ3) is 5.75. The molecule has 0 saturated carbocycles. The summed E-state index contributed by atoms with van der Waals surface area (Å²) < 4.78 is 5.14. The van der Waals surface area contributed by atoms with E-state index in [1.807, 2.05) is 25.1 Å². The van der Waals surface area contributed by atoms with Crippen molar-refractivity contribution in [3.63, 3.8) is 0 Å². The van der Waals surface area contributed by atoms with Crippen molar-refractivity contribution in [2.75, 3.05) is 12.4 Å². The molecule has 0 bridgehead atoms. The van der Waals surface area contributed by atoms with Crippen LogP contribution >= 0.6 is 11.8 Å². The van der Waals surface area contributed by atoms with Gasteiger partial charge in [-0.05, 0) is 24.7 Å². The van der Waals surface area contributed by atoms with Crippen molar-refractivity contribution in [3.05, 3.63) is 35.9 Å². The quantitative estimate of drug-likeness (QED) is 0.725. The summed E-state index contributed by atoms with van der Waals surface area (Å²) in [7, 11) is 0. The minimum atomic E-state index is -0.868. The van der Waals surface area contributed by atoms with Crippen LogP contribution in [0.15, 0.2) is 30.3 Å². The molecular formula is C13H18O3S. The van der Waals surface area contributed by atoms with Crippen LogP contribution in [0.25, 0.3) is 0 Å². The van der Waals surface area contributed by atoms with Crippen LogP contribution < -0.4 is 0 Å². The van der Waals surface area contributed by atoms with Gasteiger partial charge in [-0.15, -0.1) is 0 Å². The van der Waals surface area contributed by atoms with Gasteiger partial charge in [0.05, 0.1) is 0 Å². The Morgan fingerprint density at radius 1 is 1.41 bits per heavy atom. The van der Waals surface area contributed by atoms with Crippen molar-refractivity contribution >= 4 is 17.7 Å². The first-order valence-electron chi connectivity index (χ1n) is 5.70. The summed E-state index contributed by atoms with van der Waals surface area (Å²) in [5.74, 6) is 0.845. The number of carboxylic acid groups (broad SMARTS) is 1. The van der Waals surface area contributed by atoms with E-state index >= 15 is 0 Å². The number of carbonyl (C=O) groups is 1. The van der Waals surface area contributed by atoms with Crippen molar-refractivity contribution in [2.45, 2.75) is 25.2 Å². The molecule has 1 N–H and O–H groups in total. The molecule has 0 fully saturated rings. The molecule has 0 amide bonds. The molecule has 1 rings (SSSR count). The molecule has 0 radical (unpaired) electrons. The normalized spacial score (nSPS) is 12.3. The van der Waals surface area contributed by atoms with Crippen LogP contribution in [0.5, 0.6) is 0 Å². The van der Waals surface area contributed by atoms with Gasteiger partial charge in [-0.1, -0.05) is 30.3 Å². The van der Waals surface area contributed by atoms with Gasteiger partial charge in [-0.3, -0.25) is 0 Å². The third-order valence-corrected chi connectivity index (χ3v) is 3.34. The Hall–Kier alpha value is -1.00. The van der Waals surface area contributed by atoms with Crippen LogP contribution in [-0.2, 0) is 15.3 Å². The van der Waals surface area contributed by atoms with Gasteiger partial charge in [-0.25, -0.2) is 4.79 Å². The van der Waals surface area contributed by atoms with Crippen molar-refractivity contribution in [3.8, 4) is 0 Å². The van der Waals surface area contributed by atoms with Crippen molar-refractivity contribution < 1.29 is 14.6 Å². The average molecular weight is 254 g/mol. The second kappa shape index (κ2) is 8.14. The SMILES string of the molecule is CCOC(CCSCc1ccccc1)C(=O)O. The number of ether oxygens (including phenoxy) is 1. The number of hydrogen-bond acceptors (Lipinski definition) is 3. The molecule has 0 heterocycles. The number of thioether (sulfide) groups is 1. The van der Waals surface area contributed by atoms with Gasteiger partial charge in [0, 0.05) is 12.4 Å². The lowest BCUT2D eigenvalue weighted by atomic mass is 10.2. The van der Waals surface area contributed by atoms with Crippen molar-refractivity contribution in [1.82, 2.24) is 0 Å². The van der Waals surface area contributed by atoms with Crippen LogP contribution in [-0.4, -0.2) is 29.5 Å². The Balaban J connectivity index is 2.20. The smallest absolute Gasteiger partial charge is 0.332 e. The Morgan fingerprint density at radius 3 is 2.71 bits per heavy atom. The van der Waals surface area contributed by atoms with E-state index in [1.54, 1.807) is 11.8 Å². The number of benzene rings is 1. The third-order valence-electron chi connectivity index (χ3n) is 2.28. The summed E-state index contributed by atoms with van der Waals surface area (Å²) in [6.45, 7) is 2.26. The molecule has 0 aliphatic carbocycles. The summed E-state index contributed by atoms with van der Waals surface area (Å²) in [6.07, 6.45) is -0.107. The monoisotopic (exact) mass is 254 g/mol. The van der Waals surface area contributed by atoms with Crippen molar-refractivity contribution in [1.29, 1.82) is 0 Å². The Labute approximate surface area is 106 Å². The first kappa shape index (κ1) is 14.1. The van der Waals surface area contributed by atoms with E-state index in [-0.39, 0.29) is 0 Å². The maximum absolute atomic E-state index is 10.8. The van der Waals surface area contributed by atoms with Gasteiger partial charge in [0.25, 0.3) is 0 Å². The Morgan fingerprint density at radius 2 is 2.12 bits per heavy atom. The van der Waals surface area contributed by atoms with Gasteiger partial charge in [0.2, 0.25) is 0 Å². The van der Waals surface area contributed by atoms with E-state index in [1.165, 1.54) is 5.56 Å². The highest BCUT2D eigenvalue weighted by Crippen LogP contribution is 2.14. The van der Waals surface area contributed by atoms with E-state index in [0.29, 0.717) is 13.0 Å². The van der Waals surface area contributed by atoms with Crippen molar-refractivity contribution in [2.24, 2.45) is 0 Å². The standard InChI is InChI=1S/C13H18O3S/c1-2-16-12(13(14)15)8-9-17-10-11-6-4-3-5-7-11/h3-7,12H,2,8-10H2,1H3,(H,14,15). The van der Waals surface area contributed by atoms with Crippen LogP contribution in [0.4, 0.5) is 0 Å². The van der Waals surface area contributed by atoms with Crippen LogP contribution in [0.2, 0.25) is 0 Å². The van der Waals surface area contributed by atoms with E-state index in [0.717, 1.165) is 11.5 Å². The van der Waals surface area contributed by atoms with Crippen LogP contribution in [0.1, 0.15) is 18.9 Å². The Bertz CT molecular complexity index is 327. The molecule has 3 nitrogen and oxygen atoms in total. The number of aliphatic carboxylic acids is 1. The number of rotatable bonds is 8. The number of hydrogen-bond donors (Lipinski definition) is 1.